The van der Waals surface area contributed by atoms with Gasteiger partial charge in [0.05, 0.1) is 38.8 Å². The van der Waals surface area contributed by atoms with Crippen LogP contribution in [-0.4, -0.2) is 48.6 Å². The third-order valence-corrected chi connectivity index (χ3v) is 4.84. The lowest BCUT2D eigenvalue weighted by Gasteiger charge is -2.19. The molecule has 8 heteroatoms. The normalized spacial score (nSPS) is 11.0. The van der Waals surface area contributed by atoms with Crippen LogP contribution in [0.3, 0.4) is 0 Å². The Kier molecular flexibility index (Phi) is 6.92. The van der Waals surface area contributed by atoms with Crippen molar-refractivity contribution < 1.29 is 19.0 Å². The number of ether oxygens (including phenoxy) is 3. The minimum atomic E-state index is -0.311. The Labute approximate surface area is 180 Å². The van der Waals surface area contributed by atoms with Crippen molar-refractivity contribution in [2.45, 2.75) is 13.5 Å². The van der Waals surface area contributed by atoms with E-state index in [9.17, 15) is 9.59 Å². The molecule has 0 saturated heterocycles. The van der Waals surface area contributed by atoms with Crippen LogP contribution < -0.4 is 19.8 Å². The van der Waals surface area contributed by atoms with E-state index in [4.69, 9.17) is 14.2 Å². The van der Waals surface area contributed by atoms with Gasteiger partial charge in [0, 0.05) is 24.3 Å². The monoisotopic (exact) mass is 423 g/mol. The summed E-state index contributed by atoms with van der Waals surface area (Å²) in [5.41, 5.74) is 0.950. The number of hydrogen-bond acceptors (Lipinski definition) is 6. The topological polar surface area (TPSA) is 93.8 Å². The van der Waals surface area contributed by atoms with Crippen LogP contribution in [0.25, 0.3) is 17.0 Å². The maximum atomic E-state index is 12.7. The Hall–Kier alpha value is -3.81. The van der Waals surface area contributed by atoms with Crippen LogP contribution in [0, 0.1) is 0 Å². The number of nitrogens with zero attached hydrogens (tertiary/aromatic N) is 2. The van der Waals surface area contributed by atoms with Crippen molar-refractivity contribution in [3.05, 3.63) is 64.2 Å². The van der Waals surface area contributed by atoms with Gasteiger partial charge >= 0.3 is 0 Å². The van der Waals surface area contributed by atoms with E-state index in [0.29, 0.717) is 40.5 Å². The minimum absolute atomic E-state index is 0.158. The Balaban J connectivity index is 1.86. The van der Waals surface area contributed by atoms with Crippen LogP contribution >= 0.6 is 0 Å². The fraction of sp³-hybridized carbons (Fsp3) is 0.261. The fourth-order valence-corrected chi connectivity index (χ4v) is 3.19. The predicted octanol–water partition coefficient (Wildman–Crippen LogP) is 3.01. The number of methoxy groups -OCH3 is 3. The Bertz CT molecular complexity index is 1170. The molecule has 0 fully saturated rings. The van der Waals surface area contributed by atoms with Crippen molar-refractivity contribution >= 4 is 22.9 Å². The summed E-state index contributed by atoms with van der Waals surface area (Å²) in [5, 5.41) is 0.381. The average Bonchev–Trinajstić information content (AvgIpc) is 2.80. The lowest BCUT2D eigenvalue weighted by molar-refractivity contribution is -0.126. The third-order valence-electron chi connectivity index (χ3n) is 4.84. The summed E-state index contributed by atoms with van der Waals surface area (Å²) in [7, 11) is 4.60. The van der Waals surface area contributed by atoms with Gasteiger partial charge in [0.25, 0.3) is 5.56 Å². The number of amides is 1. The van der Waals surface area contributed by atoms with Crippen molar-refractivity contribution in [1.82, 2.24) is 14.9 Å². The van der Waals surface area contributed by atoms with Crippen LogP contribution in [0.4, 0.5) is 0 Å². The van der Waals surface area contributed by atoms with Crippen LogP contribution in [0.5, 0.6) is 17.2 Å². The number of nitrogens with one attached hydrogen (secondary N) is 1. The lowest BCUT2D eigenvalue weighted by atomic mass is 10.2. The van der Waals surface area contributed by atoms with Crippen LogP contribution in [-0.2, 0) is 11.3 Å². The molecule has 0 aliphatic rings. The first-order valence-electron chi connectivity index (χ1n) is 9.75. The Morgan fingerprint density at radius 1 is 1.06 bits per heavy atom. The van der Waals surface area contributed by atoms with Crippen LogP contribution in [0.2, 0.25) is 0 Å². The van der Waals surface area contributed by atoms with Crippen LogP contribution in [0.1, 0.15) is 18.3 Å². The van der Waals surface area contributed by atoms with Gasteiger partial charge in [0.15, 0.2) is 11.5 Å². The molecule has 0 spiro atoms. The highest BCUT2D eigenvalue weighted by Gasteiger charge is 2.14. The molecule has 162 valence electrons. The number of aromatic nitrogens is 2. The van der Waals surface area contributed by atoms with E-state index in [1.165, 1.54) is 20.3 Å². The molecular weight excluding hydrogens is 398 g/mol. The predicted molar refractivity (Wildman–Crippen MR) is 119 cm³/mol. The number of likely N-dealkylation sites (N-methyl/N-ethyl adjacent to an activating group) is 1. The molecule has 0 radical (unpaired) electrons. The van der Waals surface area contributed by atoms with Crippen molar-refractivity contribution in [3.8, 4) is 17.2 Å². The zero-order valence-electron chi connectivity index (χ0n) is 18.0. The van der Waals surface area contributed by atoms with Gasteiger partial charge in [-0.2, -0.15) is 0 Å². The molecule has 3 rings (SSSR count). The molecule has 1 heterocycles. The van der Waals surface area contributed by atoms with Gasteiger partial charge in [-0.1, -0.05) is 18.2 Å². The molecular formula is C23H25N3O5. The summed E-state index contributed by atoms with van der Waals surface area (Å²) in [5.74, 6) is 1.78. The zero-order valence-corrected chi connectivity index (χ0v) is 18.0. The second kappa shape index (κ2) is 9.80. The largest absolute Gasteiger partial charge is 0.496 e. The minimum Gasteiger partial charge on any atom is -0.496 e. The van der Waals surface area contributed by atoms with Gasteiger partial charge in [-0.05, 0) is 25.1 Å². The number of H-pyrrole nitrogens is 1. The first-order valence-corrected chi connectivity index (χ1v) is 9.75. The van der Waals surface area contributed by atoms with Gasteiger partial charge in [-0.25, -0.2) is 4.98 Å². The summed E-state index contributed by atoms with van der Waals surface area (Å²) >= 11 is 0. The molecule has 1 aromatic heterocycles. The number of aromatic amines is 1. The highest BCUT2D eigenvalue weighted by atomic mass is 16.5. The van der Waals surface area contributed by atoms with Crippen molar-refractivity contribution in [2.24, 2.45) is 0 Å². The molecule has 0 unspecified atom stereocenters. The van der Waals surface area contributed by atoms with Crippen molar-refractivity contribution in [1.29, 1.82) is 0 Å². The number of rotatable bonds is 8. The highest BCUT2D eigenvalue weighted by molar-refractivity contribution is 5.92. The Morgan fingerprint density at radius 3 is 2.42 bits per heavy atom. The zero-order chi connectivity index (χ0) is 22.4. The molecule has 8 nitrogen and oxygen atoms in total. The quantitative estimate of drug-likeness (QED) is 0.560. The highest BCUT2D eigenvalue weighted by Crippen LogP contribution is 2.30. The van der Waals surface area contributed by atoms with Gasteiger partial charge in [-0.3, -0.25) is 9.59 Å². The number of carbonyl (C=O) groups excluding carboxylic acids is 1. The molecule has 0 bridgehead atoms. The number of para-hydroxylation sites is 1. The molecule has 2 aromatic carbocycles. The van der Waals surface area contributed by atoms with Gasteiger partial charge in [0.1, 0.15) is 11.6 Å². The molecule has 3 aromatic rings. The molecule has 1 amide bonds. The maximum absolute atomic E-state index is 12.7. The number of benzene rings is 2. The summed E-state index contributed by atoms with van der Waals surface area (Å²) in [6.07, 6.45) is 3.19. The first kappa shape index (κ1) is 21.9. The summed E-state index contributed by atoms with van der Waals surface area (Å²) < 4.78 is 15.8. The van der Waals surface area contributed by atoms with E-state index in [1.54, 1.807) is 30.2 Å². The van der Waals surface area contributed by atoms with E-state index in [0.717, 1.165) is 5.56 Å². The maximum Gasteiger partial charge on any atom is 0.258 e. The molecule has 31 heavy (non-hydrogen) atoms. The molecule has 0 aliphatic carbocycles. The summed E-state index contributed by atoms with van der Waals surface area (Å²) in [6, 6.07) is 10.7. The number of hydrogen-bond donors (Lipinski definition) is 1. The second-order valence-corrected chi connectivity index (χ2v) is 6.66. The molecule has 0 aliphatic heterocycles. The van der Waals surface area contributed by atoms with E-state index in [2.05, 4.69) is 9.97 Å². The number of fused-ring (bicyclic) bond motifs is 1. The Morgan fingerprint density at radius 2 is 1.74 bits per heavy atom. The third kappa shape index (κ3) is 4.85. The van der Waals surface area contributed by atoms with Crippen molar-refractivity contribution in [3.63, 3.8) is 0 Å². The number of carbonyl (C=O) groups is 1. The van der Waals surface area contributed by atoms with Crippen LogP contribution in [0.15, 0.2) is 47.3 Å². The molecule has 0 saturated carbocycles. The van der Waals surface area contributed by atoms with Gasteiger partial charge in [-0.15, -0.1) is 0 Å². The van der Waals surface area contributed by atoms with E-state index in [-0.39, 0.29) is 18.0 Å². The smallest absolute Gasteiger partial charge is 0.258 e. The van der Waals surface area contributed by atoms with Gasteiger partial charge < -0.3 is 24.1 Å². The lowest BCUT2D eigenvalue weighted by Crippen LogP contribution is -2.30. The van der Waals surface area contributed by atoms with Crippen molar-refractivity contribution in [2.75, 3.05) is 27.9 Å². The SMILES string of the molecule is CCN(Cc1nc2cc(OC)c(OC)cc2c(=O)[nH]1)C(=O)/C=C/c1ccccc1OC. The molecule has 1 N–H and O–H groups in total. The second-order valence-electron chi connectivity index (χ2n) is 6.66. The van der Waals surface area contributed by atoms with E-state index < -0.39 is 0 Å². The summed E-state index contributed by atoms with van der Waals surface area (Å²) in [4.78, 5) is 34.1. The average molecular weight is 423 g/mol. The van der Waals surface area contributed by atoms with E-state index in [1.807, 2.05) is 31.2 Å². The van der Waals surface area contributed by atoms with E-state index >= 15 is 0 Å². The fourth-order valence-electron chi connectivity index (χ4n) is 3.19. The molecule has 0 atom stereocenters. The first-order chi connectivity index (χ1) is 15.0. The van der Waals surface area contributed by atoms with Gasteiger partial charge in [0.2, 0.25) is 5.91 Å². The standard InChI is InChI=1S/C23H25N3O5/c1-5-26(22(27)11-10-15-8-6-7-9-18(15)29-2)14-21-24-17-13-20(31-4)19(30-3)12-16(17)23(28)25-21/h6-13H,5,14H2,1-4H3,(H,24,25,28)/b11-10+. The summed E-state index contributed by atoms with van der Waals surface area (Å²) in [6.45, 7) is 2.47.